The largest absolute Gasteiger partial charge is 0.380 e. The highest BCUT2D eigenvalue weighted by Gasteiger charge is 2.06. The molecule has 0 radical (unpaired) electrons. The van der Waals surface area contributed by atoms with Crippen molar-refractivity contribution >= 4 is 44.6 Å². The van der Waals surface area contributed by atoms with Gasteiger partial charge in [-0.1, -0.05) is 57.9 Å². The number of rotatable bonds is 4. The first-order valence-electron chi connectivity index (χ1n) is 6.55. The Morgan fingerprint density at radius 1 is 1.05 bits per heavy atom. The van der Waals surface area contributed by atoms with Crippen LogP contribution in [0.2, 0.25) is 5.02 Å². The maximum Gasteiger partial charge on any atom is 0.0430 e. The minimum Gasteiger partial charge on any atom is -0.380 e. The molecule has 0 atom stereocenters. The molecule has 0 aliphatic carbocycles. The van der Waals surface area contributed by atoms with E-state index in [-0.39, 0.29) is 0 Å². The number of hydrogen-bond acceptors (Lipinski definition) is 2. The molecule has 4 heteroatoms. The molecule has 0 aliphatic heterocycles. The van der Waals surface area contributed by atoms with Gasteiger partial charge in [-0.2, -0.15) is 0 Å². The zero-order chi connectivity index (χ0) is 14.7. The minimum atomic E-state index is 0.740. The minimum absolute atomic E-state index is 0.740. The second-order valence-electron chi connectivity index (χ2n) is 4.61. The predicted molar refractivity (Wildman–Crippen MR) is 96.2 cm³/mol. The summed E-state index contributed by atoms with van der Waals surface area (Å²) >= 11 is 11.3. The number of nitrogens with one attached hydrogen (secondary N) is 1. The number of thiophene rings is 1. The van der Waals surface area contributed by atoms with E-state index in [1.807, 2.05) is 18.2 Å². The van der Waals surface area contributed by atoms with E-state index in [2.05, 4.69) is 63.0 Å². The van der Waals surface area contributed by atoms with Crippen LogP contribution in [0.15, 0.2) is 64.5 Å². The zero-order valence-electron chi connectivity index (χ0n) is 11.1. The Morgan fingerprint density at radius 2 is 1.90 bits per heavy atom. The highest BCUT2D eigenvalue weighted by Crippen LogP contribution is 2.32. The van der Waals surface area contributed by atoms with Gasteiger partial charge in [0.25, 0.3) is 0 Å². The number of anilines is 1. The highest BCUT2D eigenvalue weighted by atomic mass is 79.9. The molecule has 0 spiro atoms. The van der Waals surface area contributed by atoms with Crippen molar-refractivity contribution in [3.63, 3.8) is 0 Å². The van der Waals surface area contributed by atoms with Gasteiger partial charge in [-0.25, -0.2) is 0 Å². The maximum atomic E-state index is 5.98. The number of halogens is 2. The Balaban J connectivity index is 1.83. The molecule has 0 bridgehead atoms. The lowest BCUT2D eigenvalue weighted by Gasteiger charge is -2.12. The van der Waals surface area contributed by atoms with E-state index < -0.39 is 0 Å². The van der Waals surface area contributed by atoms with Gasteiger partial charge in [-0.05, 0) is 35.2 Å². The molecule has 1 heterocycles. The first-order valence-corrected chi connectivity index (χ1v) is 8.60. The third-order valence-electron chi connectivity index (χ3n) is 3.20. The van der Waals surface area contributed by atoms with E-state index in [0.717, 1.165) is 21.7 Å². The van der Waals surface area contributed by atoms with Gasteiger partial charge in [0.15, 0.2) is 0 Å². The summed E-state index contributed by atoms with van der Waals surface area (Å²) in [5, 5.41) is 6.35. The second kappa shape index (κ2) is 6.65. The lowest BCUT2D eigenvalue weighted by molar-refractivity contribution is 1.14. The molecule has 0 saturated carbocycles. The SMILES string of the molecule is Clc1ccc(CNc2ccccc2-c2cccs2)c(Br)c1. The van der Waals surface area contributed by atoms with Crippen LogP contribution >= 0.6 is 38.9 Å². The molecule has 106 valence electrons. The van der Waals surface area contributed by atoms with Crippen molar-refractivity contribution in [1.29, 1.82) is 0 Å². The van der Waals surface area contributed by atoms with Crippen molar-refractivity contribution in [1.82, 2.24) is 0 Å². The predicted octanol–water partition coefficient (Wildman–Crippen LogP) is 6.44. The third kappa shape index (κ3) is 3.49. The number of para-hydroxylation sites is 1. The normalized spacial score (nSPS) is 10.6. The Kier molecular flexibility index (Phi) is 4.63. The standard InChI is InChI=1S/C17H13BrClNS/c18-15-10-13(19)8-7-12(15)11-20-16-5-2-1-4-14(16)17-6-3-9-21-17/h1-10,20H,11H2. The summed E-state index contributed by atoms with van der Waals surface area (Å²) in [6.07, 6.45) is 0. The molecule has 0 amide bonds. The second-order valence-corrected chi connectivity index (χ2v) is 6.85. The van der Waals surface area contributed by atoms with Crippen LogP contribution in [0, 0.1) is 0 Å². The quantitative estimate of drug-likeness (QED) is 0.550. The van der Waals surface area contributed by atoms with Crippen molar-refractivity contribution in [2.45, 2.75) is 6.54 Å². The third-order valence-corrected chi connectivity index (χ3v) is 5.07. The molecule has 1 N–H and O–H groups in total. The fourth-order valence-electron chi connectivity index (χ4n) is 2.14. The van der Waals surface area contributed by atoms with E-state index in [1.165, 1.54) is 16.0 Å². The maximum absolute atomic E-state index is 5.98. The van der Waals surface area contributed by atoms with Crippen molar-refractivity contribution in [2.24, 2.45) is 0 Å². The molecule has 0 saturated heterocycles. The van der Waals surface area contributed by atoms with Crippen molar-refractivity contribution in [3.05, 3.63) is 75.0 Å². The first-order chi connectivity index (χ1) is 10.2. The van der Waals surface area contributed by atoms with Crippen molar-refractivity contribution in [3.8, 4) is 10.4 Å². The molecule has 0 fully saturated rings. The lowest BCUT2D eigenvalue weighted by atomic mass is 10.1. The fraction of sp³-hybridized carbons (Fsp3) is 0.0588. The lowest BCUT2D eigenvalue weighted by Crippen LogP contribution is -2.01. The fourth-order valence-corrected chi connectivity index (χ4v) is 3.73. The van der Waals surface area contributed by atoms with Gasteiger partial charge >= 0.3 is 0 Å². The van der Waals surface area contributed by atoms with Crippen LogP contribution in [-0.2, 0) is 6.54 Å². The molecule has 2 aromatic carbocycles. The van der Waals surface area contributed by atoms with Crippen LogP contribution in [0.4, 0.5) is 5.69 Å². The molecule has 0 unspecified atom stereocenters. The van der Waals surface area contributed by atoms with Gasteiger partial charge in [0.05, 0.1) is 0 Å². The van der Waals surface area contributed by atoms with Crippen LogP contribution in [0.1, 0.15) is 5.56 Å². The summed E-state index contributed by atoms with van der Waals surface area (Å²) in [7, 11) is 0. The summed E-state index contributed by atoms with van der Waals surface area (Å²) in [6, 6.07) is 18.5. The zero-order valence-corrected chi connectivity index (χ0v) is 14.3. The van der Waals surface area contributed by atoms with Gasteiger partial charge in [0.2, 0.25) is 0 Å². The van der Waals surface area contributed by atoms with Gasteiger partial charge in [-0.15, -0.1) is 11.3 Å². The van der Waals surface area contributed by atoms with Crippen molar-refractivity contribution in [2.75, 3.05) is 5.32 Å². The van der Waals surface area contributed by atoms with Gasteiger partial charge < -0.3 is 5.32 Å². The molecule has 3 rings (SSSR count). The Labute approximate surface area is 141 Å². The summed E-state index contributed by atoms with van der Waals surface area (Å²) in [5.41, 5.74) is 3.56. The molecule has 1 nitrogen and oxygen atoms in total. The summed E-state index contributed by atoms with van der Waals surface area (Å²) in [5.74, 6) is 0. The molecular weight excluding hydrogens is 366 g/mol. The highest BCUT2D eigenvalue weighted by molar-refractivity contribution is 9.10. The number of hydrogen-bond donors (Lipinski definition) is 1. The van der Waals surface area contributed by atoms with E-state index in [1.54, 1.807) is 11.3 Å². The Bertz CT molecular complexity index is 740. The van der Waals surface area contributed by atoms with E-state index >= 15 is 0 Å². The monoisotopic (exact) mass is 377 g/mol. The molecule has 0 aliphatic rings. The van der Waals surface area contributed by atoms with E-state index in [9.17, 15) is 0 Å². The van der Waals surface area contributed by atoms with Crippen LogP contribution in [-0.4, -0.2) is 0 Å². The molecule has 1 aromatic heterocycles. The molecule has 21 heavy (non-hydrogen) atoms. The Morgan fingerprint density at radius 3 is 2.67 bits per heavy atom. The van der Waals surface area contributed by atoms with Crippen LogP contribution in [0.5, 0.6) is 0 Å². The first kappa shape index (κ1) is 14.6. The van der Waals surface area contributed by atoms with E-state index in [0.29, 0.717) is 0 Å². The summed E-state index contributed by atoms with van der Waals surface area (Å²) in [6.45, 7) is 0.750. The van der Waals surface area contributed by atoms with Crippen LogP contribution in [0.25, 0.3) is 10.4 Å². The Hall–Kier alpha value is -1.29. The smallest absolute Gasteiger partial charge is 0.0430 e. The average molecular weight is 379 g/mol. The summed E-state index contributed by atoms with van der Waals surface area (Å²) in [4.78, 5) is 1.27. The van der Waals surface area contributed by atoms with Crippen molar-refractivity contribution < 1.29 is 0 Å². The molecule has 3 aromatic rings. The average Bonchev–Trinajstić information content (AvgIpc) is 3.01. The summed E-state index contributed by atoms with van der Waals surface area (Å²) < 4.78 is 1.02. The van der Waals surface area contributed by atoms with E-state index in [4.69, 9.17) is 11.6 Å². The number of benzene rings is 2. The van der Waals surface area contributed by atoms with Gasteiger partial charge in [0.1, 0.15) is 0 Å². The molecular formula is C17H13BrClNS. The van der Waals surface area contributed by atoms with Crippen LogP contribution in [0.3, 0.4) is 0 Å². The van der Waals surface area contributed by atoms with Gasteiger partial charge in [0, 0.05) is 32.2 Å². The van der Waals surface area contributed by atoms with Gasteiger partial charge in [-0.3, -0.25) is 0 Å². The topological polar surface area (TPSA) is 12.0 Å². The van der Waals surface area contributed by atoms with Crippen LogP contribution < -0.4 is 5.32 Å².